The molecule has 0 bridgehead atoms. The normalized spacial score (nSPS) is 17.7. The summed E-state index contributed by atoms with van der Waals surface area (Å²) in [7, 11) is 1.74. The van der Waals surface area contributed by atoms with E-state index in [1.54, 1.807) is 18.9 Å². The maximum Gasteiger partial charge on any atom is 0.167 e. The molecule has 5 heteroatoms. The minimum atomic E-state index is 0.322. The molecule has 0 saturated carbocycles. The second-order valence-corrected chi connectivity index (χ2v) is 6.98. The first-order valence-corrected chi connectivity index (χ1v) is 8.86. The van der Waals surface area contributed by atoms with E-state index in [0.29, 0.717) is 5.25 Å². The molecule has 118 valence electrons. The van der Waals surface area contributed by atoms with Crippen molar-refractivity contribution in [2.24, 2.45) is 0 Å². The number of pyridine rings is 1. The van der Waals surface area contributed by atoms with E-state index in [1.165, 1.54) is 18.4 Å². The first-order chi connectivity index (χ1) is 11.3. The van der Waals surface area contributed by atoms with Crippen LogP contribution < -0.4 is 4.74 Å². The largest absolute Gasteiger partial charge is 0.496 e. The Morgan fingerprint density at radius 3 is 3.00 bits per heavy atom. The summed E-state index contributed by atoms with van der Waals surface area (Å²) >= 11 is 1.78. The number of nitrogens with one attached hydrogen (secondary N) is 1. The molecule has 4 nitrogen and oxygen atoms in total. The monoisotopic (exact) mass is 325 g/mol. The minimum absolute atomic E-state index is 0.322. The van der Waals surface area contributed by atoms with E-state index in [-0.39, 0.29) is 0 Å². The third-order valence-corrected chi connectivity index (χ3v) is 5.50. The van der Waals surface area contributed by atoms with E-state index >= 15 is 0 Å². The van der Waals surface area contributed by atoms with Gasteiger partial charge in [-0.25, -0.2) is 4.98 Å². The number of aromatic amines is 1. The SMILES string of the molecule is COc1ccnc2c1CCCC[C@@H]2Sc1nc2ccccc2[nH]1. The van der Waals surface area contributed by atoms with Gasteiger partial charge in [0.15, 0.2) is 5.16 Å². The lowest BCUT2D eigenvalue weighted by molar-refractivity contribution is 0.408. The third kappa shape index (κ3) is 2.81. The Morgan fingerprint density at radius 2 is 2.13 bits per heavy atom. The van der Waals surface area contributed by atoms with Gasteiger partial charge in [0.2, 0.25) is 0 Å². The highest BCUT2D eigenvalue weighted by Gasteiger charge is 2.24. The molecule has 0 saturated heterocycles. The maximum atomic E-state index is 5.54. The number of thioether (sulfide) groups is 1. The maximum absolute atomic E-state index is 5.54. The molecule has 0 fully saturated rings. The fourth-order valence-corrected chi connectivity index (χ4v) is 4.40. The summed E-state index contributed by atoms with van der Waals surface area (Å²) in [5, 5.41) is 1.29. The van der Waals surface area contributed by atoms with E-state index in [0.717, 1.165) is 40.5 Å². The first kappa shape index (κ1) is 14.6. The Morgan fingerprint density at radius 1 is 1.22 bits per heavy atom. The Bertz CT molecular complexity index is 797. The minimum Gasteiger partial charge on any atom is -0.496 e. The Kier molecular flexibility index (Phi) is 3.95. The number of benzene rings is 1. The van der Waals surface area contributed by atoms with Crippen molar-refractivity contribution >= 4 is 22.8 Å². The number of para-hydroxylation sites is 2. The van der Waals surface area contributed by atoms with Gasteiger partial charge in [0, 0.05) is 11.8 Å². The van der Waals surface area contributed by atoms with Crippen LogP contribution in [0.15, 0.2) is 41.7 Å². The number of imidazole rings is 1. The van der Waals surface area contributed by atoms with Crippen LogP contribution in [0.1, 0.15) is 35.8 Å². The second-order valence-electron chi connectivity index (χ2n) is 5.79. The molecule has 3 aromatic rings. The van der Waals surface area contributed by atoms with Crippen LogP contribution in [0.3, 0.4) is 0 Å². The lowest BCUT2D eigenvalue weighted by Crippen LogP contribution is -2.02. The van der Waals surface area contributed by atoms with Crippen molar-refractivity contribution in [1.82, 2.24) is 15.0 Å². The lowest BCUT2D eigenvalue weighted by Gasteiger charge is -2.16. The van der Waals surface area contributed by atoms with Crippen LogP contribution in [0.2, 0.25) is 0 Å². The summed E-state index contributed by atoms with van der Waals surface area (Å²) in [5.41, 5.74) is 4.53. The number of fused-ring (bicyclic) bond motifs is 2. The molecule has 1 N–H and O–H groups in total. The van der Waals surface area contributed by atoms with Crippen LogP contribution >= 0.6 is 11.8 Å². The van der Waals surface area contributed by atoms with Crippen molar-refractivity contribution in [3.63, 3.8) is 0 Å². The van der Waals surface area contributed by atoms with Gasteiger partial charge in [-0.3, -0.25) is 4.98 Å². The van der Waals surface area contributed by atoms with Gasteiger partial charge in [-0.2, -0.15) is 0 Å². The van der Waals surface area contributed by atoms with Gasteiger partial charge in [-0.05, 0) is 37.5 Å². The standard InChI is InChI=1S/C18H19N3OS/c1-22-15-10-11-19-17-12(15)6-2-5-9-16(17)23-18-20-13-7-3-4-8-14(13)21-18/h3-4,7-8,10-11,16H,2,5-6,9H2,1H3,(H,20,21)/t16-/m0/s1. The molecular formula is C18H19N3OS. The average Bonchev–Trinajstić information content (AvgIpc) is 2.88. The van der Waals surface area contributed by atoms with Crippen molar-refractivity contribution in [1.29, 1.82) is 0 Å². The molecule has 1 atom stereocenters. The van der Waals surface area contributed by atoms with Crippen LogP contribution in [0.25, 0.3) is 11.0 Å². The zero-order valence-corrected chi connectivity index (χ0v) is 13.9. The van der Waals surface area contributed by atoms with Gasteiger partial charge in [-0.15, -0.1) is 0 Å². The summed E-state index contributed by atoms with van der Waals surface area (Å²) in [6.45, 7) is 0. The topological polar surface area (TPSA) is 50.8 Å². The van der Waals surface area contributed by atoms with Crippen molar-refractivity contribution in [3.8, 4) is 5.75 Å². The highest BCUT2D eigenvalue weighted by molar-refractivity contribution is 7.99. The van der Waals surface area contributed by atoms with E-state index in [4.69, 9.17) is 9.72 Å². The summed E-state index contributed by atoms with van der Waals surface area (Å²) in [6, 6.07) is 10.1. The number of aromatic nitrogens is 3. The fraction of sp³-hybridized carbons (Fsp3) is 0.333. The van der Waals surface area contributed by atoms with Gasteiger partial charge in [0.1, 0.15) is 5.75 Å². The van der Waals surface area contributed by atoms with Crippen LogP contribution in [0.5, 0.6) is 5.75 Å². The van der Waals surface area contributed by atoms with Gasteiger partial charge in [0.25, 0.3) is 0 Å². The second kappa shape index (κ2) is 6.24. The Labute approximate surface area is 139 Å². The average molecular weight is 325 g/mol. The number of hydrogen-bond acceptors (Lipinski definition) is 4. The van der Waals surface area contributed by atoms with E-state index < -0.39 is 0 Å². The van der Waals surface area contributed by atoms with Crippen molar-refractivity contribution in [2.75, 3.05) is 7.11 Å². The van der Waals surface area contributed by atoms with E-state index in [2.05, 4.69) is 16.0 Å². The quantitative estimate of drug-likeness (QED) is 0.719. The van der Waals surface area contributed by atoms with Crippen molar-refractivity contribution in [3.05, 3.63) is 47.8 Å². The summed E-state index contributed by atoms with van der Waals surface area (Å²) in [6.07, 6.45) is 6.41. The van der Waals surface area contributed by atoms with Crippen molar-refractivity contribution < 1.29 is 4.74 Å². The highest BCUT2D eigenvalue weighted by atomic mass is 32.2. The molecule has 0 radical (unpaired) electrons. The number of methoxy groups -OCH3 is 1. The Hall–Kier alpha value is -2.01. The first-order valence-electron chi connectivity index (χ1n) is 7.98. The molecule has 1 aliphatic rings. The predicted octanol–water partition coefficient (Wildman–Crippen LogP) is 4.53. The molecule has 4 rings (SSSR count). The highest BCUT2D eigenvalue weighted by Crippen LogP contribution is 2.43. The van der Waals surface area contributed by atoms with Gasteiger partial charge in [-0.1, -0.05) is 30.3 Å². The summed E-state index contributed by atoms with van der Waals surface area (Å²) in [5.74, 6) is 0.965. The molecule has 0 amide bonds. The zero-order chi connectivity index (χ0) is 15.6. The molecule has 0 aliphatic heterocycles. The number of nitrogens with zero attached hydrogens (tertiary/aromatic N) is 2. The van der Waals surface area contributed by atoms with Gasteiger partial charge < -0.3 is 9.72 Å². The van der Waals surface area contributed by atoms with Crippen LogP contribution in [-0.2, 0) is 6.42 Å². The Balaban J connectivity index is 1.69. The molecule has 1 aromatic carbocycles. The molecule has 2 heterocycles. The van der Waals surface area contributed by atoms with Gasteiger partial charge in [0.05, 0.1) is 29.1 Å². The number of ether oxygens (including phenoxy) is 1. The number of hydrogen-bond donors (Lipinski definition) is 1. The fourth-order valence-electron chi connectivity index (χ4n) is 3.21. The molecule has 1 aliphatic carbocycles. The van der Waals surface area contributed by atoms with Crippen LogP contribution in [0.4, 0.5) is 0 Å². The molecule has 23 heavy (non-hydrogen) atoms. The molecule has 2 aromatic heterocycles. The zero-order valence-electron chi connectivity index (χ0n) is 13.1. The van der Waals surface area contributed by atoms with E-state index in [9.17, 15) is 0 Å². The smallest absolute Gasteiger partial charge is 0.167 e. The van der Waals surface area contributed by atoms with Crippen LogP contribution in [0, 0.1) is 0 Å². The molecule has 0 unspecified atom stereocenters. The number of rotatable bonds is 3. The van der Waals surface area contributed by atoms with Crippen molar-refractivity contribution in [2.45, 2.75) is 36.1 Å². The summed E-state index contributed by atoms with van der Waals surface area (Å²) < 4.78 is 5.54. The molecular weight excluding hydrogens is 306 g/mol. The van der Waals surface area contributed by atoms with E-state index in [1.807, 2.05) is 30.5 Å². The number of H-pyrrole nitrogens is 1. The summed E-state index contributed by atoms with van der Waals surface area (Å²) in [4.78, 5) is 12.8. The third-order valence-electron chi connectivity index (χ3n) is 4.34. The van der Waals surface area contributed by atoms with Crippen LogP contribution in [-0.4, -0.2) is 22.1 Å². The van der Waals surface area contributed by atoms with Gasteiger partial charge >= 0.3 is 0 Å². The molecule has 0 spiro atoms. The predicted molar refractivity (Wildman–Crippen MR) is 93.0 cm³/mol. The lowest BCUT2D eigenvalue weighted by atomic mass is 10.1.